The van der Waals surface area contributed by atoms with Crippen molar-refractivity contribution < 1.29 is 30.5 Å². The van der Waals surface area contributed by atoms with E-state index in [0.717, 1.165) is 29.5 Å². The largest absolute Gasteiger partial charge is 0.402 e. The Balaban J connectivity index is 1.29. The Kier molecular flexibility index (Phi) is 5.33. The maximum absolute atomic E-state index is 13.2. The Morgan fingerprint density at radius 1 is 1.00 bits per heavy atom. The normalized spacial score (nSPS) is 27.3. The molecule has 2 bridgehead atoms. The molecule has 0 amide bonds. The highest BCUT2D eigenvalue weighted by Crippen LogP contribution is 2.50. The third kappa shape index (κ3) is 4.03. The van der Waals surface area contributed by atoms with Gasteiger partial charge in [-0.15, -0.1) is 0 Å². The van der Waals surface area contributed by atoms with Crippen molar-refractivity contribution in [3.63, 3.8) is 0 Å². The van der Waals surface area contributed by atoms with E-state index in [0.29, 0.717) is 34.2 Å². The molecule has 0 unspecified atom stereocenters. The number of rotatable bonds is 3. The number of benzene rings is 2. The van der Waals surface area contributed by atoms with Crippen molar-refractivity contribution >= 4 is 10.2 Å². The monoisotopic (exact) mass is 521 g/mol. The third-order valence-corrected chi connectivity index (χ3v) is 9.42. The first kappa shape index (κ1) is 23.6. The molecule has 1 saturated carbocycles. The Morgan fingerprint density at radius 2 is 1.67 bits per heavy atom. The van der Waals surface area contributed by atoms with Crippen LogP contribution >= 0.6 is 0 Å². The highest BCUT2D eigenvalue weighted by atomic mass is 32.2. The Morgan fingerprint density at radius 3 is 2.36 bits per heavy atom. The minimum absolute atomic E-state index is 0.0836. The van der Waals surface area contributed by atoms with Gasteiger partial charge in [0.1, 0.15) is 18.1 Å². The number of nitrogens with one attached hydrogen (secondary N) is 1. The van der Waals surface area contributed by atoms with Gasteiger partial charge in [0.2, 0.25) is 0 Å². The first-order valence-electron chi connectivity index (χ1n) is 11.7. The molecule has 2 fully saturated rings. The second-order valence-corrected chi connectivity index (χ2v) is 11.6. The van der Waals surface area contributed by atoms with E-state index < -0.39 is 28.5 Å². The number of alkyl halides is 3. The summed E-state index contributed by atoms with van der Waals surface area (Å²) >= 11 is 0. The summed E-state index contributed by atoms with van der Waals surface area (Å²) in [6.07, 6.45) is -1.95. The standard InChI is InChI=1S/C25H23F4N3O3S/c26-21-7-3-15(4-8-21)23-12-22(30-35-23)17-2-1-16-10-19-5-6-20(11-18(16)9-17)24(19)13-32(14-25(27,28)29)36(33,34)31-24/h1-4,7-9,12,19-20,31H,5-6,10-11,13-14H2/t19-,20+,24-/m1/s1. The second-order valence-electron chi connectivity index (χ2n) is 9.98. The summed E-state index contributed by atoms with van der Waals surface area (Å²) in [5.74, 6) is -0.0377. The number of halogens is 4. The zero-order valence-corrected chi connectivity index (χ0v) is 19.9. The summed E-state index contributed by atoms with van der Waals surface area (Å²) in [5, 5.41) is 4.17. The van der Waals surface area contributed by atoms with Crippen LogP contribution in [0.15, 0.2) is 53.1 Å². The molecule has 1 aromatic heterocycles. The first-order chi connectivity index (χ1) is 17.0. The number of nitrogens with zero attached hydrogens (tertiary/aromatic N) is 2. The average molecular weight is 522 g/mol. The Hall–Kier alpha value is -2.76. The van der Waals surface area contributed by atoms with Crippen LogP contribution in [0.2, 0.25) is 0 Å². The Labute approximate surface area is 205 Å². The van der Waals surface area contributed by atoms with E-state index in [1.54, 1.807) is 18.2 Å². The molecule has 6 nitrogen and oxygen atoms in total. The van der Waals surface area contributed by atoms with Crippen molar-refractivity contribution in [2.75, 3.05) is 13.1 Å². The van der Waals surface area contributed by atoms with Crippen molar-refractivity contribution in [1.82, 2.24) is 14.2 Å². The fraction of sp³-hybridized carbons (Fsp3) is 0.400. The fourth-order valence-corrected chi connectivity index (χ4v) is 7.87. The van der Waals surface area contributed by atoms with Crippen LogP contribution in [0.5, 0.6) is 0 Å². The van der Waals surface area contributed by atoms with E-state index in [2.05, 4.69) is 9.88 Å². The molecule has 2 heterocycles. The second kappa shape index (κ2) is 8.12. The van der Waals surface area contributed by atoms with Gasteiger partial charge >= 0.3 is 6.18 Å². The van der Waals surface area contributed by atoms with E-state index in [4.69, 9.17) is 4.52 Å². The molecule has 3 aromatic rings. The molecular weight excluding hydrogens is 498 g/mol. The summed E-state index contributed by atoms with van der Waals surface area (Å²) in [6.45, 7) is -1.65. The lowest BCUT2D eigenvalue weighted by Crippen LogP contribution is -2.52. The quantitative estimate of drug-likeness (QED) is 0.506. The van der Waals surface area contributed by atoms with Gasteiger partial charge in [-0.2, -0.15) is 30.6 Å². The lowest BCUT2D eigenvalue weighted by Gasteiger charge is -2.33. The van der Waals surface area contributed by atoms with Crippen LogP contribution in [-0.4, -0.2) is 42.7 Å². The molecule has 1 aliphatic heterocycles. The molecule has 3 atom stereocenters. The fourth-order valence-electron chi connectivity index (χ4n) is 6.17. The van der Waals surface area contributed by atoms with Crippen LogP contribution in [0, 0.1) is 17.7 Å². The van der Waals surface area contributed by atoms with Crippen LogP contribution in [0.25, 0.3) is 22.6 Å². The first-order valence-corrected chi connectivity index (χ1v) is 13.2. The van der Waals surface area contributed by atoms with Crippen LogP contribution in [-0.2, 0) is 23.1 Å². The molecule has 2 aromatic carbocycles. The van der Waals surface area contributed by atoms with Crippen LogP contribution in [0.3, 0.4) is 0 Å². The molecule has 11 heteroatoms. The number of hydrogen-bond donors (Lipinski definition) is 1. The molecule has 2 aliphatic carbocycles. The smallest absolute Gasteiger partial charge is 0.356 e. The molecule has 190 valence electrons. The maximum atomic E-state index is 13.2. The number of fused-ring (bicyclic) bond motifs is 1. The van der Waals surface area contributed by atoms with Crippen molar-refractivity contribution in [3.8, 4) is 22.6 Å². The molecule has 36 heavy (non-hydrogen) atoms. The topological polar surface area (TPSA) is 75.4 Å². The van der Waals surface area contributed by atoms with Crippen molar-refractivity contribution in [2.45, 2.75) is 37.4 Å². The zero-order chi connectivity index (χ0) is 25.3. The van der Waals surface area contributed by atoms with E-state index in [9.17, 15) is 26.0 Å². The number of hydrogen-bond acceptors (Lipinski definition) is 4. The van der Waals surface area contributed by atoms with Crippen LogP contribution in [0.4, 0.5) is 17.6 Å². The minimum atomic E-state index is -4.60. The van der Waals surface area contributed by atoms with Gasteiger partial charge in [-0.05, 0) is 79.0 Å². The predicted octanol–water partition coefficient (Wildman–Crippen LogP) is 4.72. The van der Waals surface area contributed by atoms with E-state index in [-0.39, 0.29) is 24.2 Å². The summed E-state index contributed by atoms with van der Waals surface area (Å²) < 4.78 is 86.5. The average Bonchev–Trinajstić information content (AvgIpc) is 3.43. The summed E-state index contributed by atoms with van der Waals surface area (Å²) in [6, 6.07) is 13.6. The van der Waals surface area contributed by atoms with E-state index >= 15 is 0 Å². The van der Waals surface area contributed by atoms with Crippen molar-refractivity contribution in [2.24, 2.45) is 11.8 Å². The molecule has 1 saturated heterocycles. The predicted molar refractivity (Wildman–Crippen MR) is 123 cm³/mol. The van der Waals surface area contributed by atoms with Gasteiger partial charge in [0.25, 0.3) is 10.2 Å². The van der Waals surface area contributed by atoms with Gasteiger partial charge in [0, 0.05) is 23.7 Å². The van der Waals surface area contributed by atoms with Crippen LogP contribution in [0.1, 0.15) is 24.0 Å². The summed E-state index contributed by atoms with van der Waals surface area (Å²) in [5.41, 5.74) is 3.33. The van der Waals surface area contributed by atoms with Gasteiger partial charge in [0.05, 0.1) is 5.54 Å². The van der Waals surface area contributed by atoms with Gasteiger partial charge < -0.3 is 4.52 Å². The lowest BCUT2D eigenvalue weighted by molar-refractivity contribution is -0.136. The van der Waals surface area contributed by atoms with Crippen LogP contribution < -0.4 is 4.72 Å². The highest BCUT2D eigenvalue weighted by Gasteiger charge is 2.60. The molecule has 1 N–H and O–H groups in total. The molecule has 1 spiro atoms. The zero-order valence-electron chi connectivity index (χ0n) is 19.1. The Bertz CT molecular complexity index is 1420. The molecule has 3 aliphatic rings. The summed E-state index contributed by atoms with van der Waals surface area (Å²) in [7, 11) is -4.22. The molecule has 0 radical (unpaired) electrons. The van der Waals surface area contributed by atoms with Gasteiger partial charge in [-0.3, -0.25) is 0 Å². The molecular formula is C25H23F4N3O3S. The third-order valence-electron chi connectivity index (χ3n) is 7.85. The van der Waals surface area contributed by atoms with Gasteiger partial charge in [-0.1, -0.05) is 17.3 Å². The summed E-state index contributed by atoms with van der Waals surface area (Å²) in [4.78, 5) is 0. The van der Waals surface area contributed by atoms with E-state index in [1.165, 1.54) is 12.1 Å². The maximum Gasteiger partial charge on any atom is 0.402 e. The lowest BCUT2D eigenvalue weighted by atomic mass is 9.79. The van der Waals surface area contributed by atoms with Gasteiger partial charge in [0.15, 0.2) is 5.76 Å². The minimum Gasteiger partial charge on any atom is -0.356 e. The van der Waals surface area contributed by atoms with Gasteiger partial charge in [-0.25, -0.2) is 4.39 Å². The van der Waals surface area contributed by atoms with Crippen molar-refractivity contribution in [1.29, 1.82) is 0 Å². The SMILES string of the molecule is O=S1(=O)N[C@]2(CN1CC(F)(F)F)[C@@H]1CC[C@H]2Cc2cc(-c3cc(-c4ccc(F)cc4)on3)ccc2C1. The number of aromatic nitrogens is 1. The highest BCUT2D eigenvalue weighted by molar-refractivity contribution is 7.87. The molecule has 6 rings (SSSR count). The van der Waals surface area contributed by atoms with Crippen molar-refractivity contribution in [3.05, 3.63) is 65.5 Å². The van der Waals surface area contributed by atoms with E-state index in [1.807, 2.05) is 18.2 Å².